The van der Waals surface area contributed by atoms with Crippen LogP contribution in [0.3, 0.4) is 0 Å². The number of allylic oxidation sites excluding steroid dienone is 1. The number of carbonyl (C=O) groups excluding carboxylic acids is 1. The topological polar surface area (TPSA) is 66.4 Å². The number of carbonyl (C=O) groups is 2. The van der Waals surface area contributed by atoms with E-state index in [9.17, 15) is 35.9 Å². The molecule has 0 heterocycles. The Balaban J connectivity index is 2.36. The zero-order valence-electron chi connectivity index (χ0n) is 14.5. The van der Waals surface area contributed by atoms with E-state index in [0.717, 1.165) is 12.8 Å². The van der Waals surface area contributed by atoms with Gasteiger partial charge in [0.1, 0.15) is 0 Å². The highest BCUT2D eigenvalue weighted by atomic mass is 19.4. The number of anilines is 1. The molecule has 10 heteroatoms. The van der Waals surface area contributed by atoms with Crippen LogP contribution in [0.1, 0.15) is 43.2 Å². The molecule has 0 radical (unpaired) electrons. The fourth-order valence-corrected chi connectivity index (χ4v) is 3.00. The highest BCUT2D eigenvalue weighted by Crippen LogP contribution is 2.38. The molecule has 0 saturated heterocycles. The number of carboxylic acid groups (broad SMARTS) is 1. The van der Waals surface area contributed by atoms with E-state index in [4.69, 9.17) is 5.11 Å². The molecule has 0 saturated carbocycles. The lowest BCUT2D eigenvalue weighted by Gasteiger charge is -2.22. The summed E-state index contributed by atoms with van der Waals surface area (Å²) >= 11 is 0. The van der Waals surface area contributed by atoms with E-state index in [-0.39, 0.29) is 6.07 Å². The number of halogens is 6. The second-order valence-electron chi connectivity index (χ2n) is 6.46. The van der Waals surface area contributed by atoms with Gasteiger partial charge in [-0.05, 0) is 43.9 Å². The molecular formula is C18H17F6NO3. The number of benzene rings is 1. The first-order chi connectivity index (χ1) is 12.9. The third-order valence-electron chi connectivity index (χ3n) is 4.32. The van der Waals surface area contributed by atoms with Crippen LogP contribution < -0.4 is 5.32 Å². The molecule has 0 unspecified atom stereocenters. The summed E-state index contributed by atoms with van der Waals surface area (Å²) in [6, 6.07) is 0.731. The first-order valence-electron chi connectivity index (χ1n) is 8.39. The van der Waals surface area contributed by atoms with Crippen molar-refractivity contribution in [2.24, 2.45) is 5.92 Å². The van der Waals surface area contributed by atoms with E-state index in [1.807, 2.05) is 5.32 Å². The molecule has 0 aromatic heterocycles. The van der Waals surface area contributed by atoms with Crippen molar-refractivity contribution in [3.63, 3.8) is 0 Å². The molecule has 4 nitrogen and oxygen atoms in total. The van der Waals surface area contributed by atoms with Crippen LogP contribution in [0.25, 0.3) is 0 Å². The van der Waals surface area contributed by atoms with Crippen molar-refractivity contribution in [3.8, 4) is 0 Å². The first kappa shape index (κ1) is 21.8. The average molecular weight is 409 g/mol. The Kier molecular flexibility index (Phi) is 6.41. The lowest BCUT2D eigenvalue weighted by molar-refractivity contribution is -0.143. The second kappa shape index (κ2) is 8.24. The molecule has 0 spiro atoms. The molecule has 0 bridgehead atoms. The lowest BCUT2D eigenvalue weighted by atomic mass is 9.86. The van der Waals surface area contributed by atoms with Crippen LogP contribution >= 0.6 is 0 Å². The van der Waals surface area contributed by atoms with Crippen LogP contribution in [0.2, 0.25) is 0 Å². The van der Waals surface area contributed by atoms with Gasteiger partial charge in [-0.3, -0.25) is 9.59 Å². The smallest absolute Gasteiger partial charge is 0.416 e. The van der Waals surface area contributed by atoms with Crippen molar-refractivity contribution in [3.05, 3.63) is 41.0 Å². The SMILES string of the molecule is O=C(O)C[C@H](C(=O)Nc1cc(C(F)(F)F)cc(C(F)(F)F)c1)C1=CCCCC1. The monoisotopic (exact) mass is 409 g/mol. The molecule has 1 amide bonds. The van der Waals surface area contributed by atoms with Gasteiger partial charge in [0.2, 0.25) is 5.91 Å². The van der Waals surface area contributed by atoms with Crippen LogP contribution in [0.4, 0.5) is 32.0 Å². The van der Waals surface area contributed by atoms with E-state index in [1.54, 1.807) is 6.08 Å². The van der Waals surface area contributed by atoms with Crippen molar-refractivity contribution >= 4 is 17.6 Å². The zero-order valence-corrected chi connectivity index (χ0v) is 14.5. The molecular weight excluding hydrogens is 392 g/mol. The van der Waals surface area contributed by atoms with Crippen molar-refractivity contribution in [2.75, 3.05) is 5.32 Å². The predicted octanol–water partition coefficient (Wildman–Crippen LogP) is 5.25. The second-order valence-corrected chi connectivity index (χ2v) is 6.46. The Morgan fingerprint density at radius 3 is 2.00 bits per heavy atom. The van der Waals surface area contributed by atoms with Gasteiger partial charge in [-0.15, -0.1) is 0 Å². The molecule has 1 aliphatic rings. The minimum absolute atomic E-state index is 0.0476. The van der Waals surface area contributed by atoms with E-state index < -0.39 is 53.4 Å². The summed E-state index contributed by atoms with van der Waals surface area (Å²) in [4.78, 5) is 23.6. The number of alkyl halides is 6. The van der Waals surface area contributed by atoms with Gasteiger partial charge in [-0.25, -0.2) is 0 Å². The predicted molar refractivity (Wildman–Crippen MR) is 87.4 cm³/mol. The van der Waals surface area contributed by atoms with Crippen LogP contribution in [-0.2, 0) is 21.9 Å². The lowest BCUT2D eigenvalue weighted by Crippen LogP contribution is -2.28. The molecule has 28 heavy (non-hydrogen) atoms. The molecule has 1 aromatic carbocycles. The normalized spacial score (nSPS) is 16.3. The van der Waals surface area contributed by atoms with Crippen molar-refractivity contribution in [2.45, 2.75) is 44.5 Å². The standard InChI is InChI=1S/C18H17F6NO3/c19-17(20,21)11-6-12(18(22,23)24)8-13(7-11)25-16(28)14(9-15(26)27)10-4-2-1-3-5-10/h4,6-8,14H,1-3,5,9H2,(H,25,28)(H,26,27)/t14-/m0/s1. The maximum Gasteiger partial charge on any atom is 0.416 e. The summed E-state index contributed by atoms with van der Waals surface area (Å²) in [5, 5.41) is 11.1. The summed E-state index contributed by atoms with van der Waals surface area (Å²) < 4.78 is 77.6. The Morgan fingerprint density at radius 1 is 1.00 bits per heavy atom. The summed E-state index contributed by atoms with van der Waals surface area (Å²) in [7, 11) is 0. The Labute approximate surface area is 156 Å². The first-order valence-corrected chi connectivity index (χ1v) is 8.39. The van der Waals surface area contributed by atoms with E-state index in [1.165, 1.54) is 0 Å². The Bertz CT molecular complexity index is 750. The van der Waals surface area contributed by atoms with E-state index >= 15 is 0 Å². The van der Waals surface area contributed by atoms with Gasteiger partial charge < -0.3 is 10.4 Å². The van der Waals surface area contributed by atoms with Gasteiger partial charge in [0.05, 0.1) is 23.5 Å². The maximum atomic E-state index is 12.9. The van der Waals surface area contributed by atoms with Crippen molar-refractivity contribution < 1.29 is 41.0 Å². The number of amides is 1. The Morgan fingerprint density at radius 2 is 1.57 bits per heavy atom. The van der Waals surface area contributed by atoms with Gasteiger partial charge in [0, 0.05) is 5.69 Å². The molecule has 2 rings (SSSR count). The van der Waals surface area contributed by atoms with Gasteiger partial charge >= 0.3 is 18.3 Å². The summed E-state index contributed by atoms with van der Waals surface area (Å²) in [5.41, 5.74) is -3.30. The quantitative estimate of drug-likeness (QED) is 0.515. The molecule has 0 aliphatic heterocycles. The number of hydrogen-bond donors (Lipinski definition) is 2. The minimum Gasteiger partial charge on any atom is -0.481 e. The molecule has 0 fully saturated rings. The van der Waals surface area contributed by atoms with Crippen LogP contribution in [0, 0.1) is 5.92 Å². The highest BCUT2D eigenvalue weighted by molar-refractivity contribution is 5.96. The van der Waals surface area contributed by atoms with Gasteiger partial charge in [-0.1, -0.05) is 11.6 Å². The third-order valence-corrected chi connectivity index (χ3v) is 4.32. The molecule has 1 atom stereocenters. The molecule has 1 aliphatic carbocycles. The number of aliphatic carboxylic acids is 1. The summed E-state index contributed by atoms with van der Waals surface area (Å²) in [6.45, 7) is 0. The minimum atomic E-state index is -5.05. The summed E-state index contributed by atoms with van der Waals surface area (Å²) in [5.74, 6) is -3.42. The zero-order chi connectivity index (χ0) is 21.1. The third kappa shape index (κ3) is 5.74. The van der Waals surface area contributed by atoms with Crippen LogP contribution in [0.5, 0.6) is 0 Å². The molecule has 1 aromatic rings. The van der Waals surface area contributed by atoms with Gasteiger partial charge in [0.25, 0.3) is 0 Å². The largest absolute Gasteiger partial charge is 0.481 e. The van der Waals surface area contributed by atoms with Crippen molar-refractivity contribution in [1.29, 1.82) is 0 Å². The van der Waals surface area contributed by atoms with Gasteiger partial charge in [-0.2, -0.15) is 26.3 Å². The number of rotatable bonds is 5. The number of hydrogen-bond acceptors (Lipinski definition) is 2. The van der Waals surface area contributed by atoms with Gasteiger partial charge in [0.15, 0.2) is 0 Å². The fraction of sp³-hybridized carbons (Fsp3) is 0.444. The molecule has 2 N–H and O–H groups in total. The highest BCUT2D eigenvalue weighted by Gasteiger charge is 2.37. The molecule has 154 valence electrons. The maximum absolute atomic E-state index is 12.9. The van der Waals surface area contributed by atoms with E-state index in [0.29, 0.717) is 30.5 Å². The number of carboxylic acids is 1. The number of nitrogens with one attached hydrogen (secondary N) is 1. The van der Waals surface area contributed by atoms with Crippen molar-refractivity contribution in [1.82, 2.24) is 0 Å². The fourth-order valence-electron chi connectivity index (χ4n) is 3.00. The van der Waals surface area contributed by atoms with Crippen LogP contribution in [0.15, 0.2) is 29.8 Å². The summed E-state index contributed by atoms with van der Waals surface area (Å²) in [6.07, 6.45) is -6.36. The average Bonchev–Trinajstić information content (AvgIpc) is 2.58. The van der Waals surface area contributed by atoms with Crippen LogP contribution in [-0.4, -0.2) is 17.0 Å². The Hall–Kier alpha value is -2.52. The van der Waals surface area contributed by atoms with E-state index in [2.05, 4.69) is 0 Å².